The summed E-state index contributed by atoms with van der Waals surface area (Å²) in [7, 11) is 1.61. The molecule has 6 nitrogen and oxygen atoms in total. The van der Waals surface area contributed by atoms with Crippen molar-refractivity contribution in [3.8, 4) is 11.5 Å². The maximum Gasteiger partial charge on any atom is 0.234 e. The molecule has 7 heteroatoms. The van der Waals surface area contributed by atoms with Gasteiger partial charge in [-0.15, -0.1) is 11.8 Å². The molecular formula is C21H21N3O3S. The third-order valence-electron chi connectivity index (χ3n) is 3.94. The Morgan fingerprint density at radius 2 is 1.79 bits per heavy atom. The van der Waals surface area contributed by atoms with Crippen LogP contribution in [0.3, 0.4) is 0 Å². The molecule has 3 aromatic rings. The number of carbonyl (C=O) groups excluding carboxylic acids is 2. The van der Waals surface area contributed by atoms with Crippen molar-refractivity contribution in [2.45, 2.75) is 12.2 Å². The average Bonchev–Trinajstić information content (AvgIpc) is 3.19. The van der Waals surface area contributed by atoms with Crippen molar-refractivity contribution >= 4 is 29.3 Å². The highest BCUT2D eigenvalue weighted by Gasteiger charge is 2.08. The van der Waals surface area contributed by atoms with Gasteiger partial charge in [-0.05, 0) is 29.8 Å². The monoisotopic (exact) mass is 395 g/mol. The van der Waals surface area contributed by atoms with Crippen molar-refractivity contribution in [3.63, 3.8) is 0 Å². The summed E-state index contributed by atoms with van der Waals surface area (Å²) < 4.78 is 5.50. The van der Waals surface area contributed by atoms with Crippen LogP contribution in [0, 0.1) is 0 Å². The molecule has 2 amide bonds. The summed E-state index contributed by atoms with van der Waals surface area (Å²) in [4.78, 5) is 27.9. The Morgan fingerprint density at radius 3 is 2.50 bits per heavy atom. The minimum Gasteiger partial charge on any atom is -0.444 e. The largest absolute Gasteiger partial charge is 0.444 e. The van der Waals surface area contributed by atoms with Crippen molar-refractivity contribution in [2.75, 3.05) is 18.1 Å². The number of hydrogen-bond acceptors (Lipinski definition) is 5. The van der Waals surface area contributed by atoms with Crippen LogP contribution in [0.2, 0.25) is 0 Å². The molecule has 144 valence electrons. The fourth-order valence-corrected chi connectivity index (χ4v) is 3.21. The molecule has 1 heterocycles. The van der Waals surface area contributed by atoms with Gasteiger partial charge in [-0.3, -0.25) is 9.59 Å². The first-order valence-electron chi connectivity index (χ1n) is 8.81. The van der Waals surface area contributed by atoms with E-state index in [9.17, 15) is 9.59 Å². The molecule has 0 aliphatic rings. The molecule has 0 saturated carbocycles. The molecule has 2 aromatic carbocycles. The lowest BCUT2D eigenvalue weighted by Gasteiger charge is -2.06. The topological polar surface area (TPSA) is 84.2 Å². The molecule has 1 aromatic heterocycles. The number of rotatable bonds is 8. The molecule has 0 aliphatic heterocycles. The van der Waals surface area contributed by atoms with Crippen molar-refractivity contribution < 1.29 is 14.0 Å². The number of amides is 2. The lowest BCUT2D eigenvalue weighted by atomic mass is 10.1. The van der Waals surface area contributed by atoms with Gasteiger partial charge in [-0.25, -0.2) is 4.98 Å². The number of carbonyl (C=O) groups is 2. The predicted molar refractivity (Wildman–Crippen MR) is 111 cm³/mol. The quantitative estimate of drug-likeness (QED) is 0.610. The van der Waals surface area contributed by atoms with Gasteiger partial charge >= 0.3 is 0 Å². The van der Waals surface area contributed by atoms with Crippen LogP contribution in [-0.4, -0.2) is 29.6 Å². The second-order valence-electron chi connectivity index (χ2n) is 6.10. The molecule has 3 rings (SSSR count). The summed E-state index contributed by atoms with van der Waals surface area (Å²) in [5, 5.41) is 5.43. The molecule has 0 aliphatic carbocycles. The number of anilines is 1. The molecule has 0 fully saturated rings. The third-order valence-corrected chi connectivity index (χ3v) is 4.90. The summed E-state index contributed by atoms with van der Waals surface area (Å²) in [6.07, 6.45) is 1.95. The second kappa shape index (κ2) is 9.75. The molecule has 28 heavy (non-hydrogen) atoms. The highest BCUT2D eigenvalue weighted by molar-refractivity contribution is 7.99. The Labute approximate surface area is 167 Å². The summed E-state index contributed by atoms with van der Waals surface area (Å²) in [5.41, 5.74) is 3.33. The molecule has 0 bridgehead atoms. The fraction of sp³-hybridized carbons (Fsp3) is 0.190. The van der Waals surface area contributed by atoms with Crippen LogP contribution in [-0.2, 0) is 21.8 Å². The van der Waals surface area contributed by atoms with E-state index in [0.717, 1.165) is 16.8 Å². The van der Waals surface area contributed by atoms with Gasteiger partial charge in [0.05, 0.1) is 17.9 Å². The van der Waals surface area contributed by atoms with Gasteiger partial charge in [0, 0.05) is 24.1 Å². The molecular weight excluding hydrogens is 374 g/mol. The number of nitrogens with zero attached hydrogens (tertiary/aromatic N) is 1. The minimum atomic E-state index is -0.0872. The van der Waals surface area contributed by atoms with E-state index < -0.39 is 0 Å². The molecule has 0 radical (unpaired) electrons. The lowest BCUT2D eigenvalue weighted by Crippen LogP contribution is -2.20. The summed E-state index contributed by atoms with van der Waals surface area (Å²) in [6.45, 7) is 0. The zero-order chi connectivity index (χ0) is 19.8. The summed E-state index contributed by atoms with van der Waals surface area (Å²) >= 11 is 1.47. The van der Waals surface area contributed by atoms with Crippen molar-refractivity contribution in [1.29, 1.82) is 0 Å². The van der Waals surface area contributed by atoms with Crippen LogP contribution in [0.15, 0.2) is 65.3 Å². The van der Waals surface area contributed by atoms with Gasteiger partial charge in [-0.2, -0.15) is 0 Å². The Kier molecular flexibility index (Phi) is 6.86. The first-order valence-corrected chi connectivity index (χ1v) is 9.96. The van der Waals surface area contributed by atoms with E-state index in [1.54, 1.807) is 25.4 Å². The van der Waals surface area contributed by atoms with Crippen LogP contribution < -0.4 is 10.6 Å². The van der Waals surface area contributed by atoms with Gasteiger partial charge in [-0.1, -0.05) is 30.3 Å². The summed E-state index contributed by atoms with van der Waals surface area (Å²) in [6, 6.07) is 16.9. The number of thioether (sulfide) groups is 1. The van der Waals surface area contributed by atoms with Crippen molar-refractivity contribution in [3.05, 3.63) is 72.1 Å². The van der Waals surface area contributed by atoms with Gasteiger partial charge in [0.25, 0.3) is 0 Å². The Hall–Kier alpha value is -3.06. The first-order chi connectivity index (χ1) is 13.6. The minimum absolute atomic E-state index is 0.0449. The zero-order valence-corrected chi connectivity index (χ0v) is 16.3. The number of likely N-dealkylation sites (N-methyl/N-ethyl adjacent to an activating group) is 1. The SMILES string of the molecule is CNC(=O)Cc1ccc(NC(=O)CSCc2coc(-c3ccccc3)n2)cc1. The Bertz CT molecular complexity index is 924. The van der Waals surface area contributed by atoms with Gasteiger partial charge in [0.15, 0.2) is 0 Å². The van der Waals surface area contributed by atoms with Gasteiger partial charge in [0.2, 0.25) is 17.7 Å². The standard InChI is InChI=1S/C21H21N3O3S/c1-22-19(25)11-15-7-9-17(10-8-15)23-20(26)14-28-13-18-12-27-21(24-18)16-5-3-2-4-6-16/h2-10,12H,11,13-14H2,1H3,(H,22,25)(H,23,26). The van der Waals surface area contributed by atoms with E-state index in [-0.39, 0.29) is 11.8 Å². The molecule has 0 atom stereocenters. The van der Waals surface area contributed by atoms with Gasteiger partial charge in [0.1, 0.15) is 6.26 Å². The number of oxazole rings is 1. The highest BCUT2D eigenvalue weighted by atomic mass is 32.2. The maximum absolute atomic E-state index is 12.1. The highest BCUT2D eigenvalue weighted by Crippen LogP contribution is 2.20. The van der Waals surface area contributed by atoms with Crippen LogP contribution in [0.25, 0.3) is 11.5 Å². The normalized spacial score (nSPS) is 10.5. The van der Waals surface area contributed by atoms with Gasteiger partial charge < -0.3 is 15.1 Å². The molecule has 0 unspecified atom stereocenters. The number of benzene rings is 2. The average molecular weight is 395 g/mol. The van der Waals surface area contributed by atoms with E-state index in [1.807, 2.05) is 42.5 Å². The Morgan fingerprint density at radius 1 is 1.04 bits per heavy atom. The first kappa shape index (κ1) is 19.7. The fourth-order valence-electron chi connectivity index (χ4n) is 2.51. The zero-order valence-electron chi connectivity index (χ0n) is 15.5. The van der Waals surface area contributed by atoms with Crippen molar-refractivity contribution in [2.24, 2.45) is 0 Å². The summed E-state index contributed by atoms with van der Waals surface area (Å²) in [5.74, 6) is 1.35. The molecule has 0 spiro atoms. The smallest absolute Gasteiger partial charge is 0.234 e. The van der Waals surface area contributed by atoms with Crippen LogP contribution >= 0.6 is 11.8 Å². The second-order valence-corrected chi connectivity index (χ2v) is 7.08. The van der Waals surface area contributed by atoms with Crippen LogP contribution in [0.4, 0.5) is 5.69 Å². The predicted octanol–water partition coefficient (Wildman–Crippen LogP) is 3.50. The molecule has 2 N–H and O–H groups in total. The lowest BCUT2D eigenvalue weighted by molar-refractivity contribution is -0.120. The van der Waals surface area contributed by atoms with E-state index in [1.165, 1.54) is 11.8 Å². The van der Waals surface area contributed by atoms with Crippen molar-refractivity contribution in [1.82, 2.24) is 10.3 Å². The van der Waals surface area contributed by atoms with E-state index in [2.05, 4.69) is 15.6 Å². The maximum atomic E-state index is 12.1. The Balaban J connectivity index is 1.43. The third kappa shape index (κ3) is 5.72. The van der Waals surface area contributed by atoms with E-state index in [4.69, 9.17) is 4.42 Å². The number of hydrogen-bond donors (Lipinski definition) is 2. The number of nitrogens with one attached hydrogen (secondary N) is 2. The van der Waals surface area contributed by atoms with E-state index >= 15 is 0 Å². The van der Waals surface area contributed by atoms with Crippen LogP contribution in [0.5, 0.6) is 0 Å². The number of aromatic nitrogens is 1. The van der Waals surface area contributed by atoms with Crippen LogP contribution in [0.1, 0.15) is 11.3 Å². The molecule has 0 saturated heterocycles. The van der Waals surface area contributed by atoms with E-state index in [0.29, 0.717) is 29.5 Å².